The molecule has 2 aliphatic rings. The van der Waals surface area contributed by atoms with Gasteiger partial charge in [0.1, 0.15) is 0 Å². The summed E-state index contributed by atoms with van der Waals surface area (Å²) in [6.45, 7) is 7.48. The zero-order valence-electron chi connectivity index (χ0n) is 10.8. The predicted molar refractivity (Wildman–Crippen MR) is 63.4 cm³/mol. The summed E-state index contributed by atoms with van der Waals surface area (Å²) in [6.07, 6.45) is 2.21. The molecule has 0 radical (unpaired) electrons. The Kier molecular flexibility index (Phi) is 2.92. The van der Waals surface area contributed by atoms with Crippen LogP contribution in [0.5, 0.6) is 0 Å². The zero-order chi connectivity index (χ0) is 12.8. The molecule has 1 aliphatic carbocycles. The molecule has 2 fully saturated rings. The fraction of sp³-hybridized carbons (Fsp3) is 0.846. The van der Waals surface area contributed by atoms with Crippen molar-refractivity contribution in [1.82, 2.24) is 4.90 Å². The Bertz CT molecular complexity index is 351. The molecule has 17 heavy (non-hydrogen) atoms. The average Bonchev–Trinajstić information content (AvgIpc) is 2.80. The molecule has 0 bridgehead atoms. The topological polar surface area (TPSA) is 57.6 Å². The first-order valence-electron chi connectivity index (χ1n) is 6.37. The number of carboxylic acids is 1. The van der Waals surface area contributed by atoms with Crippen LogP contribution in [0.25, 0.3) is 0 Å². The van der Waals surface area contributed by atoms with Crippen LogP contribution in [0.4, 0.5) is 0 Å². The van der Waals surface area contributed by atoms with Crippen molar-refractivity contribution in [2.24, 2.45) is 23.2 Å². The van der Waals surface area contributed by atoms with E-state index in [0.717, 1.165) is 19.5 Å². The molecule has 1 unspecified atom stereocenters. The highest BCUT2D eigenvalue weighted by Crippen LogP contribution is 2.59. The van der Waals surface area contributed by atoms with E-state index in [2.05, 4.69) is 6.92 Å². The third-order valence-corrected chi connectivity index (χ3v) is 4.33. The number of likely N-dealkylation sites (tertiary alicyclic amines) is 1. The van der Waals surface area contributed by atoms with E-state index in [-0.39, 0.29) is 17.2 Å². The van der Waals surface area contributed by atoms with Crippen LogP contribution in [0.3, 0.4) is 0 Å². The van der Waals surface area contributed by atoms with Gasteiger partial charge in [0.2, 0.25) is 5.91 Å². The lowest BCUT2D eigenvalue weighted by Gasteiger charge is -2.31. The summed E-state index contributed by atoms with van der Waals surface area (Å²) in [5, 5.41) is 9.09. The van der Waals surface area contributed by atoms with E-state index in [1.807, 2.05) is 18.7 Å². The minimum atomic E-state index is -0.835. The Morgan fingerprint density at radius 2 is 1.94 bits per heavy atom. The highest BCUT2D eigenvalue weighted by atomic mass is 16.4. The van der Waals surface area contributed by atoms with Crippen LogP contribution in [0.15, 0.2) is 0 Å². The third-order valence-electron chi connectivity index (χ3n) is 4.33. The van der Waals surface area contributed by atoms with Crippen molar-refractivity contribution in [1.29, 1.82) is 0 Å². The molecule has 0 spiro atoms. The number of carboxylic acid groups (broad SMARTS) is 1. The van der Waals surface area contributed by atoms with E-state index in [4.69, 9.17) is 5.11 Å². The van der Waals surface area contributed by atoms with E-state index < -0.39 is 11.9 Å². The quantitative estimate of drug-likeness (QED) is 0.796. The second-order valence-electron chi connectivity index (χ2n) is 6.15. The van der Waals surface area contributed by atoms with Crippen LogP contribution in [0, 0.1) is 23.2 Å². The van der Waals surface area contributed by atoms with Crippen molar-refractivity contribution in [2.45, 2.75) is 33.6 Å². The number of carbonyl (C=O) groups excluding carboxylic acids is 1. The fourth-order valence-electron chi connectivity index (χ4n) is 3.15. The summed E-state index contributed by atoms with van der Waals surface area (Å²) < 4.78 is 0. The van der Waals surface area contributed by atoms with E-state index in [9.17, 15) is 9.59 Å². The fourth-order valence-corrected chi connectivity index (χ4v) is 3.15. The van der Waals surface area contributed by atoms with Gasteiger partial charge in [-0.05, 0) is 24.2 Å². The molecule has 2 rings (SSSR count). The molecule has 0 aromatic heterocycles. The lowest BCUT2D eigenvalue weighted by Crippen LogP contribution is -2.40. The molecule has 96 valence electrons. The molecule has 1 N–H and O–H groups in total. The minimum absolute atomic E-state index is 0.0500. The third kappa shape index (κ3) is 2.05. The predicted octanol–water partition coefficient (Wildman–Crippen LogP) is 1.60. The van der Waals surface area contributed by atoms with Gasteiger partial charge in [0.05, 0.1) is 11.8 Å². The molecule has 1 saturated carbocycles. The van der Waals surface area contributed by atoms with E-state index >= 15 is 0 Å². The summed E-state index contributed by atoms with van der Waals surface area (Å²) in [5.74, 6) is -1.05. The van der Waals surface area contributed by atoms with E-state index in [0.29, 0.717) is 5.92 Å². The number of hydrogen-bond donors (Lipinski definition) is 1. The first kappa shape index (κ1) is 12.4. The number of nitrogens with zero attached hydrogens (tertiary/aromatic N) is 1. The Hall–Kier alpha value is -1.06. The smallest absolute Gasteiger partial charge is 0.307 e. The largest absolute Gasteiger partial charge is 0.481 e. The summed E-state index contributed by atoms with van der Waals surface area (Å²) >= 11 is 0. The standard InChI is InChI=1S/C13H21NO3/c1-8-5-4-6-14(7-8)11(15)9-10(12(16)17)13(9,2)3/h8-10H,4-7H2,1-3H3,(H,16,17)/t8?,9-,10+/m1/s1. The number of amides is 1. The molecular formula is C13H21NO3. The Balaban J connectivity index is 2.04. The van der Waals surface area contributed by atoms with E-state index in [1.165, 1.54) is 6.42 Å². The van der Waals surface area contributed by atoms with Gasteiger partial charge >= 0.3 is 5.97 Å². The number of rotatable bonds is 2. The molecule has 1 amide bonds. The zero-order valence-corrected chi connectivity index (χ0v) is 10.8. The molecule has 1 saturated heterocycles. The number of hydrogen-bond acceptors (Lipinski definition) is 2. The SMILES string of the molecule is CC1CCCN(C(=O)[C@H]2[C@@H](C(=O)O)C2(C)C)C1. The van der Waals surface area contributed by atoms with Crippen LogP contribution >= 0.6 is 0 Å². The molecule has 0 aromatic rings. The van der Waals surface area contributed by atoms with Gasteiger partial charge in [-0.3, -0.25) is 9.59 Å². The van der Waals surface area contributed by atoms with Crippen molar-refractivity contribution < 1.29 is 14.7 Å². The van der Waals surface area contributed by atoms with Gasteiger partial charge in [0.25, 0.3) is 0 Å². The maximum atomic E-state index is 12.3. The van der Waals surface area contributed by atoms with Crippen molar-refractivity contribution in [3.05, 3.63) is 0 Å². The monoisotopic (exact) mass is 239 g/mol. The van der Waals surface area contributed by atoms with Gasteiger partial charge < -0.3 is 10.0 Å². The Labute approximate surface area is 102 Å². The molecular weight excluding hydrogens is 218 g/mol. The summed E-state index contributed by atoms with van der Waals surface area (Å²) in [6, 6.07) is 0. The van der Waals surface area contributed by atoms with Gasteiger partial charge in [-0.25, -0.2) is 0 Å². The first-order valence-corrected chi connectivity index (χ1v) is 6.37. The van der Waals surface area contributed by atoms with Gasteiger partial charge in [-0.15, -0.1) is 0 Å². The van der Waals surface area contributed by atoms with Gasteiger partial charge in [-0.1, -0.05) is 20.8 Å². The number of piperidine rings is 1. The van der Waals surface area contributed by atoms with Gasteiger partial charge in [0, 0.05) is 13.1 Å². The second-order valence-corrected chi connectivity index (χ2v) is 6.15. The van der Waals surface area contributed by atoms with Crippen molar-refractivity contribution >= 4 is 11.9 Å². The lowest BCUT2D eigenvalue weighted by molar-refractivity contribution is -0.142. The Morgan fingerprint density at radius 3 is 2.41 bits per heavy atom. The van der Waals surface area contributed by atoms with Crippen LogP contribution in [0.2, 0.25) is 0 Å². The van der Waals surface area contributed by atoms with Crippen molar-refractivity contribution in [2.75, 3.05) is 13.1 Å². The van der Waals surface area contributed by atoms with Crippen LogP contribution in [-0.2, 0) is 9.59 Å². The maximum absolute atomic E-state index is 12.3. The highest BCUT2D eigenvalue weighted by molar-refractivity contribution is 5.91. The van der Waals surface area contributed by atoms with Crippen LogP contribution < -0.4 is 0 Å². The summed E-state index contributed by atoms with van der Waals surface area (Å²) in [4.78, 5) is 25.2. The second kappa shape index (κ2) is 4.00. The molecule has 1 heterocycles. The highest BCUT2D eigenvalue weighted by Gasteiger charge is 2.66. The lowest BCUT2D eigenvalue weighted by atomic mass is 9.99. The van der Waals surface area contributed by atoms with Gasteiger partial charge in [0.15, 0.2) is 0 Å². The normalized spacial score (nSPS) is 35.5. The Morgan fingerprint density at radius 1 is 1.29 bits per heavy atom. The molecule has 1 aliphatic heterocycles. The van der Waals surface area contributed by atoms with Gasteiger partial charge in [-0.2, -0.15) is 0 Å². The van der Waals surface area contributed by atoms with Crippen LogP contribution in [-0.4, -0.2) is 35.0 Å². The molecule has 0 aromatic carbocycles. The number of carbonyl (C=O) groups is 2. The minimum Gasteiger partial charge on any atom is -0.481 e. The van der Waals surface area contributed by atoms with Crippen LogP contribution in [0.1, 0.15) is 33.6 Å². The average molecular weight is 239 g/mol. The summed E-state index contributed by atoms with van der Waals surface area (Å²) in [5.41, 5.74) is -0.371. The maximum Gasteiger partial charge on any atom is 0.307 e. The first-order chi connectivity index (χ1) is 7.85. The summed E-state index contributed by atoms with van der Waals surface area (Å²) in [7, 11) is 0. The van der Waals surface area contributed by atoms with Crippen molar-refractivity contribution in [3.63, 3.8) is 0 Å². The van der Waals surface area contributed by atoms with Crippen molar-refractivity contribution in [3.8, 4) is 0 Å². The molecule has 4 nitrogen and oxygen atoms in total. The molecule has 3 atom stereocenters. The molecule has 4 heteroatoms. The number of aliphatic carboxylic acids is 1. The van der Waals surface area contributed by atoms with E-state index in [1.54, 1.807) is 0 Å².